The summed E-state index contributed by atoms with van der Waals surface area (Å²) in [4.78, 5) is 12.4. The van der Waals surface area contributed by atoms with E-state index in [0.717, 1.165) is 34.2 Å². The van der Waals surface area contributed by atoms with Gasteiger partial charge in [-0.1, -0.05) is 40.2 Å². The predicted molar refractivity (Wildman–Crippen MR) is 117 cm³/mol. The van der Waals surface area contributed by atoms with Gasteiger partial charge in [-0.05, 0) is 59.3 Å². The summed E-state index contributed by atoms with van der Waals surface area (Å²) in [6.07, 6.45) is 4.12. The van der Waals surface area contributed by atoms with Gasteiger partial charge in [0.25, 0.3) is 0 Å². The van der Waals surface area contributed by atoms with E-state index in [1.54, 1.807) is 6.07 Å². The van der Waals surface area contributed by atoms with Gasteiger partial charge in [-0.25, -0.2) is 8.42 Å². The zero-order valence-corrected chi connectivity index (χ0v) is 19.7. The van der Waals surface area contributed by atoms with Crippen LogP contribution in [0.5, 0.6) is 0 Å². The van der Waals surface area contributed by atoms with Crippen LogP contribution in [0.25, 0.3) is 0 Å². The van der Waals surface area contributed by atoms with Crippen molar-refractivity contribution in [2.75, 3.05) is 19.6 Å². The van der Waals surface area contributed by atoms with E-state index >= 15 is 0 Å². The van der Waals surface area contributed by atoms with E-state index in [1.165, 1.54) is 16.4 Å². The fraction of sp³-hybridized carbons (Fsp3) is 0.500. The molecule has 0 bridgehead atoms. The van der Waals surface area contributed by atoms with Crippen LogP contribution >= 0.6 is 15.9 Å². The van der Waals surface area contributed by atoms with Crippen LogP contribution in [0.2, 0.25) is 0 Å². The first-order valence-corrected chi connectivity index (χ1v) is 12.8. The van der Waals surface area contributed by atoms with Crippen LogP contribution in [0.15, 0.2) is 45.8 Å². The van der Waals surface area contributed by atoms with E-state index in [-0.39, 0.29) is 30.3 Å². The average molecular weight is 533 g/mol. The van der Waals surface area contributed by atoms with Crippen molar-refractivity contribution in [3.63, 3.8) is 0 Å². The van der Waals surface area contributed by atoms with Crippen LogP contribution in [0.1, 0.15) is 30.4 Å². The average Bonchev–Trinajstić information content (AvgIpc) is 2.77. The SMILES string of the molecule is O=C(N1CCc2ccc(S(=O)(=O)N3CCC(C4C=CCC=C4Br)CC3)cc2C1)C(F)(F)F. The van der Waals surface area contributed by atoms with Gasteiger partial charge in [-0.3, -0.25) is 4.79 Å². The number of benzene rings is 1. The molecule has 32 heavy (non-hydrogen) atoms. The van der Waals surface area contributed by atoms with Crippen LogP contribution in [-0.4, -0.2) is 49.3 Å². The number of sulfonamides is 1. The molecule has 1 aromatic carbocycles. The molecule has 1 aromatic rings. The summed E-state index contributed by atoms with van der Waals surface area (Å²) in [5, 5.41) is 0. The van der Waals surface area contributed by atoms with Gasteiger partial charge in [0, 0.05) is 32.1 Å². The highest BCUT2D eigenvalue weighted by Gasteiger charge is 2.43. The van der Waals surface area contributed by atoms with E-state index in [9.17, 15) is 26.4 Å². The molecule has 1 fully saturated rings. The summed E-state index contributed by atoms with van der Waals surface area (Å²) in [5.41, 5.74) is 1.22. The number of fused-ring (bicyclic) bond motifs is 1. The summed E-state index contributed by atoms with van der Waals surface area (Å²) in [7, 11) is -3.77. The lowest BCUT2D eigenvalue weighted by atomic mass is 9.83. The smallest absolute Gasteiger partial charge is 0.330 e. The van der Waals surface area contributed by atoms with Crippen LogP contribution in [0.3, 0.4) is 0 Å². The van der Waals surface area contributed by atoms with E-state index < -0.39 is 22.1 Å². The maximum atomic E-state index is 13.2. The lowest BCUT2D eigenvalue weighted by molar-refractivity contribution is -0.186. The van der Waals surface area contributed by atoms with Crippen LogP contribution in [-0.2, 0) is 27.8 Å². The van der Waals surface area contributed by atoms with E-state index in [1.807, 2.05) is 0 Å². The molecule has 3 aliphatic rings. The number of carbonyl (C=O) groups is 1. The molecule has 1 amide bonds. The largest absolute Gasteiger partial charge is 0.471 e. The van der Waals surface area contributed by atoms with E-state index in [2.05, 4.69) is 34.2 Å². The minimum atomic E-state index is -4.94. The van der Waals surface area contributed by atoms with Crippen molar-refractivity contribution in [1.29, 1.82) is 0 Å². The van der Waals surface area contributed by atoms with Gasteiger partial charge in [0.15, 0.2) is 0 Å². The summed E-state index contributed by atoms with van der Waals surface area (Å²) < 4.78 is 67.5. The lowest BCUT2D eigenvalue weighted by Gasteiger charge is -2.35. The zero-order chi connectivity index (χ0) is 23.1. The number of allylic oxidation sites excluding steroid dienone is 4. The second kappa shape index (κ2) is 8.95. The summed E-state index contributed by atoms with van der Waals surface area (Å²) in [5.74, 6) is -1.26. The Kier molecular flexibility index (Phi) is 6.57. The first-order chi connectivity index (χ1) is 15.1. The van der Waals surface area contributed by atoms with Crippen molar-refractivity contribution >= 4 is 31.9 Å². The van der Waals surface area contributed by atoms with Gasteiger partial charge in [0.05, 0.1) is 4.90 Å². The highest BCUT2D eigenvalue weighted by molar-refractivity contribution is 9.11. The number of amides is 1. The normalized spacial score (nSPS) is 23.1. The van der Waals surface area contributed by atoms with Crippen molar-refractivity contribution in [2.24, 2.45) is 11.8 Å². The third-order valence-electron chi connectivity index (χ3n) is 6.47. The lowest BCUT2D eigenvalue weighted by Crippen LogP contribution is -2.44. The summed E-state index contributed by atoms with van der Waals surface area (Å²) in [6, 6.07) is 4.60. The molecule has 1 aliphatic carbocycles. The molecule has 174 valence electrons. The van der Waals surface area contributed by atoms with Gasteiger partial charge < -0.3 is 4.90 Å². The number of hydrogen-bond donors (Lipinski definition) is 0. The molecular formula is C22H24BrF3N2O3S. The van der Waals surface area contributed by atoms with Gasteiger partial charge in [-0.2, -0.15) is 17.5 Å². The van der Waals surface area contributed by atoms with Gasteiger partial charge >= 0.3 is 12.1 Å². The first kappa shape index (κ1) is 23.5. The Hall–Kier alpha value is -1.65. The molecule has 0 saturated carbocycles. The highest BCUT2D eigenvalue weighted by Crippen LogP contribution is 2.37. The van der Waals surface area contributed by atoms with Gasteiger partial charge in [0.1, 0.15) is 0 Å². The standard InChI is InChI=1S/C22H24BrF3N2O3S/c23-20-4-2-1-3-19(20)16-8-11-28(12-9-16)32(30,31)18-6-5-15-7-10-27(14-17(15)13-18)21(29)22(24,25)26/h1,3-6,13,16,19H,2,7-12,14H2. The molecule has 5 nitrogen and oxygen atoms in total. The van der Waals surface area contributed by atoms with Gasteiger partial charge in [0.2, 0.25) is 10.0 Å². The zero-order valence-electron chi connectivity index (χ0n) is 17.3. The second-order valence-corrected chi connectivity index (χ2v) is 11.3. The number of nitrogens with zero attached hydrogens (tertiary/aromatic N) is 2. The summed E-state index contributed by atoms with van der Waals surface area (Å²) in [6.45, 7) is 0.513. The van der Waals surface area contributed by atoms with E-state index in [4.69, 9.17) is 0 Å². The van der Waals surface area contributed by atoms with Crippen molar-refractivity contribution in [2.45, 2.75) is 43.3 Å². The molecule has 0 N–H and O–H groups in total. The van der Waals surface area contributed by atoms with Crippen molar-refractivity contribution in [3.05, 3.63) is 52.0 Å². The van der Waals surface area contributed by atoms with Crippen LogP contribution < -0.4 is 0 Å². The molecule has 1 atom stereocenters. The fourth-order valence-electron chi connectivity index (χ4n) is 4.69. The minimum absolute atomic E-state index is 0.0371. The third-order valence-corrected chi connectivity index (χ3v) is 9.22. The molecule has 2 aliphatic heterocycles. The number of halogens is 4. The fourth-order valence-corrected chi connectivity index (χ4v) is 6.92. The van der Waals surface area contributed by atoms with Crippen molar-refractivity contribution in [3.8, 4) is 0 Å². The van der Waals surface area contributed by atoms with Crippen LogP contribution in [0.4, 0.5) is 13.2 Å². The Labute approximate surface area is 194 Å². The van der Waals surface area contributed by atoms with Crippen molar-refractivity contribution in [1.82, 2.24) is 9.21 Å². The highest BCUT2D eigenvalue weighted by atomic mass is 79.9. The molecule has 0 spiro atoms. The Morgan fingerprint density at radius 2 is 1.81 bits per heavy atom. The number of carbonyl (C=O) groups excluding carboxylic acids is 1. The number of piperidine rings is 1. The third kappa shape index (κ3) is 4.68. The monoisotopic (exact) mass is 532 g/mol. The van der Waals surface area contributed by atoms with Crippen LogP contribution in [0, 0.1) is 11.8 Å². The Bertz CT molecular complexity index is 1060. The molecule has 2 heterocycles. The van der Waals surface area contributed by atoms with Crippen molar-refractivity contribution < 1.29 is 26.4 Å². The maximum absolute atomic E-state index is 13.2. The van der Waals surface area contributed by atoms with Gasteiger partial charge in [-0.15, -0.1) is 0 Å². The second-order valence-electron chi connectivity index (χ2n) is 8.43. The maximum Gasteiger partial charge on any atom is 0.471 e. The Balaban J connectivity index is 1.47. The number of hydrogen-bond acceptors (Lipinski definition) is 3. The predicted octanol–water partition coefficient (Wildman–Crippen LogP) is 4.39. The summed E-state index contributed by atoms with van der Waals surface area (Å²) >= 11 is 3.62. The minimum Gasteiger partial charge on any atom is -0.330 e. The molecule has 0 radical (unpaired) electrons. The Morgan fingerprint density at radius 1 is 1.09 bits per heavy atom. The quantitative estimate of drug-likeness (QED) is 0.542. The Morgan fingerprint density at radius 3 is 2.47 bits per heavy atom. The molecule has 4 rings (SSSR count). The molecular weight excluding hydrogens is 509 g/mol. The molecule has 10 heteroatoms. The molecule has 0 aromatic heterocycles. The first-order valence-electron chi connectivity index (χ1n) is 10.6. The molecule has 1 unspecified atom stereocenters. The topological polar surface area (TPSA) is 57.7 Å². The number of alkyl halides is 3. The molecule has 1 saturated heterocycles. The van der Waals surface area contributed by atoms with E-state index in [0.29, 0.717) is 24.6 Å². The number of rotatable bonds is 3.